The van der Waals surface area contributed by atoms with Gasteiger partial charge in [-0.15, -0.1) is 24.2 Å². The van der Waals surface area contributed by atoms with Crippen molar-refractivity contribution in [1.29, 1.82) is 0 Å². The molecule has 0 aliphatic carbocycles. The van der Waals surface area contributed by atoms with Crippen molar-refractivity contribution in [1.82, 2.24) is 0 Å². The van der Waals surface area contributed by atoms with Crippen LogP contribution in [0, 0.1) is 0 Å². The van der Waals surface area contributed by atoms with Crippen LogP contribution in [0.5, 0.6) is 0 Å². The Hall–Kier alpha value is -0.250. The summed E-state index contributed by atoms with van der Waals surface area (Å²) in [6.45, 7) is 6.12. The fourth-order valence-corrected chi connectivity index (χ4v) is 2.63. The van der Waals surface area contributed by atoms with Crippen LogP contribution in [-0.2, 0) is 0 Å². The Balaban J connectivity index is 0.00000256. The zero-order chi connectivity index (χ0) is 12.2. The lowest BCUT2D eigenvalue weighted by molar-refractivity contribution is 0.440. The highest BCUT2D eigenvalue weighted by Crippen LogP contribution is 2.36. The Bertz CT molecular complexity index is 338. The molecule has 0 fully saturated rings. The second kappa shape index (κ2) is 7.24. The van der Waals surface area contributed by atoms with Gasteiger partial charge in [0, 0.05) is 15.7 Å². The molecule has 0 spiro atoms. The first-order valence-electron chi connectivity index (χ1n) is 5.53. The first-order chi connectivity index (χ1) is 7.44. The lowest BCUT2D eigenvalue weighted by atomic mass is 10.1. The summed E-state index contributed by atoms with van der Waals surface area (Å²) >= 11 is 1.78. The van der Waals surface area contributed by atoms with E-state index in [0.717, 1.165) is 10.5 Å². The topological polar surface area (TPSA) is 26.0 Å². The van der Waals surface area contributed by atoms with E-state index < -0.39 is 0 Å². The molecule has 0 saturated heterocycles. The van der Waals surface area contributed by atoms with Crippen molar-refractivity contribution in [2.24, 2.45) is 5.73 Å². The summed E-state index contributed by atoms with van der Waals surface area (Å²) in [7, 11) is 0. The highest BCUT2D eigenvalue weighted by atomic mass is 35.5. The number of nitrogens with two attached hydrogens (primary N) is 1. The molecular weight excluding hydrogens is 257 g/mol. The number of hydrogen-bond acceptors (Lipinski definition) is 2. The smallest absolute Gasteiger partial charge is 0.0912 e. The zero-order valence-electron chi connectivity index (χ0n) is 10.6. The van der Waals surface area contributed by atoms with E-state index in [2.05, 4.69) is 26.8 Å². The van der Waals surface area contributed by atoms with Gasteiger partial charge >= 0.3 is 0 Å². The molecule has 0 radical (unpaired) electrons. The summed E-state index contributed by atoms with van der Waals surface area (Å²) in [4.78, 5) is 1.16. The number of rotatable bonds is 4. The van der Waals surface area contributed by atoms with Gasteiger partial charge in [-0.05, 0) is 18.1 Å². The van der Waals surface area contributed by atoms with Crippen molar-refractivity contribution in [3.05, 3.63) is 29.8 Å². The Morgan fingerprint density at radius 2 is 1.88 bits per heavy atom. The van der Waals surface area contributed by atoms with E-state index in [1.807, 2.05) is 18.2 Å². The van der Waals surface area contributed by atoms with Gasteiger partial charge in [0.15, 0.2) is 0 Å². The van der Waals surface area contributed by atoms with Crippen LogP contribution in [0.4, 0.5) is 4.39 Å². The zero-order valence-corrected chi connectivity index (χ0v) is 12.2. The summed E-state index contributed by atoms with van der Waals surface area (Å²) in [5.74, 6) is 0. The molecule has 0 heterocycles. The Labute approximate surface area is 114 Å². The van der Waals surface area contributed by atoms with Crippen LogP contribution in [0.1, 0.15) is 38.8 Å². The minimum atomic E-state index is -0.365. The second-order valence-electron chi connectivity index (χ2n) is 4.84. The summed E-state index contributed by atoms with van der Waals surface area (Å²) in [6, 6.07) is 7.81. The van der Waals surface area contributed by atoms with Crippen molar-refractivity contribution in [3.63, 3.8) is 0 Å². The van der Waals surface area contributed by atoms with Crippen molar-refractivity contribution in [2.45, 2.75) is 42.9 Å². The Kier molecular flexibility index (Phi) is 7.14. The van der Waals surface area contributed by atoms with Gasteiger partial charge in [0.25, 0.3) is 0 Å². The first-order valence-corrected chi connectivity index (χ1v) is 6.35. The van der Waals surface area contributed by atoms with Gasteiger partial charge in [0.05, 0.1) is 6.67 Å². The maximum atomic E-state index is 12.3. The van der Waals surface area contributed by atoms with Crippen LogP contribution in [-0.4, -0.2) is 11.4 Å². The van der Waals surface area contributed by atoms with Crippen molar-refractivity contribution in [2.75, 3.05) is 6.67 Å². The third-order valence-corrected chi connectivity index (χ3v) is 3.36. The summed E-state index contributed by atoms with van der Waals surface area (Å²) in [5, 5.41) is 0. The highest BCUT2D eigenvalue weighted by molar-refractivity contribution is 8.00. The van der Waals surface area contributed by atoms with Crippen molar-refractivity contribution >= 4 is 24.2 Å². The highest BCUT2D eigenvalue weighted by Gasteiger charge is 2.17. The van der Waals surface area contributed by atoms with E-state index in [4.69, 9.17) is 5.73 Å². The van der Waals surface area contributed by atoms with Crippen LogP contribution >= 0.6 is 24.2 Å². The molecule has 4 heteroatoms. The summed E-state index contributed by atoms with van der Waals surface area (Å²) < 4.78 is 12.5. The Morgan fingerprint density at radius 1 is 1.29 bits per heavy atom. The van der Waals surface area contributed by atoms with E-state index in [1.165, 1.54) is 0 Å². The largest absolute Gasteiger partial charge is 0.324 e. The average Bonchev–Trinajstić information content (AvgIpc) is 2.16. The fraction of sp³-hybridized carbons (Fsp3) is 0.538. The van der Waals surface area contributed by atoms with Gasteiger partial charge in [-0.2, -0.15) is 0 Å². The van der Waals surface area contributed by atoms with E-state index in [0.29, 0.717) is 6.42 Å². The molecule has 0 saturated carbocycles. The van der Waals surface area contributed by atoms with Crippen LogP contribution in [0.25, 0.3) is 0 Å². The van der Waals surface area contributed by atoms with Gasteiger partial charge in [0.2, 0.25) is 0 Å². The van der Waals surface area contributed by atoms with E-state index >= 15 is 0 Å². The Morgan fingerprint density at radius 3 is 2.41 bits per heavy atom. The molecule has 1 aromatic carbocycles. The fourth-order valence-electron chi connectivity index (χ4n) is 1.48. The number of benzene rings is 1. The van der Waals surface area contributed by atoms with Crippen LogP contribution in [0.15, 0.2) is 29.2 Å². The number of hydrogen-bond donors (Lipinski definition) is 1. The van der Waals surface area contributed by atoms with Gasteiger partial charge in [0.1, 0.15) is 0 Å². The molecule has 17 heavy (non-hydrogen) atoms. The van der Waals surface area contributed by atoms with E-state index in [1.54, 1.807) is 11.8 Å². The quantitative estimate of drug-likeness (QED) is 0.828. The van der Waals surface area contributed by atoms with Gasteiger partial charge in [-0.25, -0.2) is 0 Å². The van der Waals surface area contributed by atoms with Crippen molar-refractivity contribution in [3.8, 4) is 0 Å². The molecule has 98 valence electrons. The average molecular weight is 278 g/mol. The molecule has 1 nitrogen and oxygen atoms in total. The van der Waals surface area contributed by atoms with Gasteiger partial charge in [-0.3, -0.25) is 4.39 Å². The van der Waals surface area contributed by atoms with Crippen LogP contribution in [0.2, 0.25) is 0 Å². The molecular formula is C13H21ClFNS. The number of alkyl halides is 1. The van der Waals surface area contributed by atoms with E-state index in [9.17, 15) is 4.39 Å². The number of halogens is 2. The van der Waals surface area contributed by atoms with E-state index in [-0.39, 0.29) is 29.9 Å². The molecule has 0 aliphatic heterocycles. The molecule has 1 atom stereocenters. The predicted octanol–water partition coefficient (Wildman–Crippen LogP) is 4.36. The monoisotopic (exact) mass is 277 g/mol. The SMILES string of the molecule is CC(C)(C)Sc1ccccc1[C@@H](N)CCF.Cl. The maximum absolute atomic E-state index is 12.3. The molecule has 0 amide bonds. The lowest BCUT2D eigenvalue weighted by Crippen LogP contribution is -2.14. The molecule has 1 rings (SSSR count). The molecule has 0 unspecified atom stereocenters. The third-order valence-electron chi connectivity index (χ3n) is 2.15. The lowest BCUT2D eigenvalue weighted by Gasteiger charge is -2.22. The molecule has 0 bridgehead atoms. The minimum absolute atomic E-state index is 0. The molecule has 2 N–H and O–H groups in total. The predicted molar refractivity (Wildman–Crippen MR) is 76.8 cm³/mol. The minimum Gasteiger partial charge on any atom is -0.324 e. The van der Waals surface area contributed by atoms with Gasteiger partial charge < -0.3 is 5.73 Å². The molecule has 0 aromatic heterocycles. The third kappa shape index (κ3) is 5.75. The number of thioether (sulfide) groups is 1. The normalized spacial score (nSPS) is 13.0. The summed E-state index contributed by atoms with van der Waals surface area (Å²) in [6.07, 6.45) is 0.391. The van der Waals surface area contributed by atoms with Crippen molar-refractivity contribution < 1.29 is 4.39 Å². The molecule has 0 aliphatic rings. The van der Waals surface area contributed by atoms with Crippen LogP contribution < -0.4 is 5.73 Å². The van der Waals surface area contributed by atoms with Gasteiger partial charge in [-0.1, -0.05) is 39.0 Å². The standard InChI is InChI=1S/C13H20FNS.ClH/c1-13(2,3)16-12-7-5-4-6-10(12)11(15)8-9-14;/h4-7,11H,8-9,15H2,1-3H3;1H/t11-;/m0./s1. The molecule has 1 aromatic rings. The van der Waals surface area contributed by atoms with Crippen LogP contribution in [0.3, 0.4) is 0 Å². The maximum Gasteiger partial charge on any atom is 0.0912 e. The first kappa shape index (κ1) is 16.8. The second-order valence-corrected chi connectivity index (χ2v) is 6.71. The summed E-state index contributed by atoms with van der Waals surface area (Å²) in [5.41, 5.74) is 7.03.